The fraction of sp³-hybridized carbons (Fsp3) is 0.182. The number of anilines is 2. The van der Waals surface area contributed by atoms with E-state index >= 15 is 0 Å². The van der Waals surface area contributed by atoms with Gasteiger partial charge in [0.2, 0.25) is 6.79 Å². The molecule has 0 saturated heterocycles. The number of benzene rings is 2. The maximum atomic E-state index is 12.8. The molecule has 0 fully saturated rings. The lowest BCUT2D eigenvalue weighted by Gasteiger charge is -2.17. The average molecular weight is 373 g/mol. The zero-order valence-electron chi connectivity index (χ0n) is 15.2. The SMILES string of the molecule is O=C(c1ccc(NCc2ccc3c(c2)OCO3)cn1)N1CCc2ccccc21. The Hall–Kier alpha value is -3.54. The van der Waals surface area contributed by atoms with Gasteiger partial charge in [-0.15, -0.1) is 0 Å². The molecule has 0 spiro atoms. The second-order valence-electron chi connectivity index (χ2n) is 6.81. The molecule has 1 amide bonds. The molecule has 2 aromatic carbocycles. The number of carbonyl (C=O) groups excluding carboxylic acids is 1. The van der Waals surface area contributed by atoms with Crippen molar-refractivity contribution in [2.75, 3.05) is 23.6 Å². The van der Waals surface area contributed by atoms with Crippen LogP contribution in [0.15, 0.2) is 60.8 Å². The summed E-state index contributed by atoms with van der Waals surface area (Å²) in [7, 11) is 0. The lowest BCUT2D eigenvalue weighted by Crippen LogP contribution is -2.29. The van der Waals surface area contributed by atoms with Crippen molar-refractivity contribution in [3.8, 4) is 11.5 Å². The van der Waals surface area contributed by atoms with Crippen molar-refractivity contribution in [3.05, 3.63) is 77.6 Å². The number of rotatable bonds is 4. The molecule has 0 radical (unpaired) electrons. The predicted molar refractivity (Wildman–Crippen MR) is 106 cm³/mol. The minimum absolute atomic E-state index is 0.0627. The Kier molecular flexibility index (Phi) is 4.09. The van der Waals surface area contributed by atoms with Crippen LogP contribution in [0.3, 0.4) is 0 Å². The van der Waals surface area contributed by atoms with Gasteiger partial charge in [0.25, 0.3) is 5.91 Å². The van der Waals surface area contributed by atoms with Crippen LogP contribution in [0.4, 0.5) is 11.4 Å². The van der Waals surface area contributed by atoms with Gasteiger partial charge >= 0.3 is 0 Å². The van der Waals surface area contributed by atoms with Gasteiger partial charge in [-0.3, -0.25) is 4.79 Å². The van der Waals surface area contributed by atoms with Crippen molar-refractivity contribution in [2.24, 2.45) is 0 Å². The molecule has 3 heterocycles. The molecule has 1 aromatic heterocycles. The van der Waals surface area contributed by atoms with Gasteiger partial charge in [0.15, 0.2) is 11.5 Å². The number of ether oxygens (including phenoxy) is 2. The molecule has 2 aliphatic rings. The monoisotopic (exact) mass is 373 g/mol. The van der Waals surface area contributed by atoms with Crippen molar-refractivity contribution in [3.63, 3.8) is 0 Å². The van der Waals surface area contributed by atoms with Gasteiger partial charge in [0, 0.05) is 18.8 Å². The first-order valence-corrected chi connectivity index (χ1v) is 9.26. The number of aromatic nitrogens is 1. The second kappa shape index (κ2) is 6.88. The van der Waals surface area contributed by atoms with Gasteiger partial charge in [-0.2, -0.15) is 0 Å². The van der Waals surface area contributed by atoms with Crippen molar-refractivity contribution in [1.82, 2.24) is 4.98 Å². The number of nitrogens with one attached hydrogen (secondary N) is 1. The summed E-state index contributed by atoms with van der Waals surface area (Å²) in [5.41, 5.74) is 4.58. The third-order valence-corrected chi connectivity index (χ3v) is 5.05. The highest BCUT2D eigenvalue weighted by molar-refractivity contribution is 6.06. The Bertz CT molecular complexity index is 1030. The molecule has 0 aliphatic carbocycles. The standard InChI is InChI=1S/C22H19N3O3/c26-22(25-10-9-16-3-1-2-4-19(16)25)18-7-6-17(13-24-18)23-12-15-5-8-20-21(11-15)28-14-27-20/h1-8,11,13,23H,9-10,12,14H2. The van der Waals surface area contributed by atoms with Crippen LogP contribution in [0.5, 0.6) is 11.5 Å². The largest absolute Gasteiger partial charge is 0.454 e. The molecule has 0 unspecified atom stereocenters. The van der Waals surface area contributed by atoms with Gasteiger partial charge in [-0.1, -0.05) is 24.3 Å². The summed E-state index contributed by atoms with van der Waals surface area (Å²) in [5.74, 6) is 1.48. The van der Waals surface area contributed by atoms with Crippen LogP contribution in [-0.2, 0) is 13.0 Å². The first kappa shape index (κ1) is 16.6. The minimum Gasteiger partial charge on any atom is -0.454 e. The molecule has 0 bridgehead atoms. The van der Waals surface area contributed by atoms with E-state index in [0.29, 0.717) is 18.8 Å². The van der Waals surface area contributed by atoms with E-state index in [2.05, 4.69) is 16.4 Å². The number of hydrogen-bond acceptors (Lipinski definition) is 5. The number of carbonyl (C=O) groups is 1. The molecule has 28 heavy (non-hydrogen) atoms. The van der Waals surface area contributed by atoms with Crippen LogP contribution in [0.25, 0.3) is 0 Å². The number of para-hydroxylation sites is 1. The molecular weight excluding hydrogens is 354 g/mol. The van der Waals surface area contributed by atoms with Crippen LogP contribution in [-0.4, -0.2) is 24.2 Å². The zero-order chi connectivity index (χ0) is 18.9. The van der Waals surface area contributed by atoms with Gasteiger partial charge in [-0.25, -0.2) is 4.98 Å². The first-order valence-electron chi connectivity index (χ1n) is 9.26. The van der Waals surface area contributed by atoms with Crippen molar-refractivity contribution in [1.29, 1.82) is 0 Å². The lowest BCUT2D eigenvalue weighted by molar-refractivity contribution is 0.0984. The van der Waals surface area contributed by atoms with Crippen LogP contribution >= 0.6 is 0 Å². The quantitative estimate of drug-likeness (QED) is 0.757. The summed E-state index contributed by atoms with van der Waals surface area (Å²) < 4.78 is 10.7. The Morgan fingerprint density at radius 3 is 2.86 bits per heavy atom. The van der Waals surface area contributed by atoms with E-state index in [-0.39, 0.29) is 12.7 Å². The van der Waals surface area contributed by atoms with Gasteiger partial charge in [0.05, 0.1) is 11.9 Å². The van der Waals surface area contributed by atoms with Crippen LogP contribution in [0, 0.1) is 0 Å². The molecule has 3 aromatic rings. The van der Waals surface area contributed by atoms with Crippen LogP contribution < -0.4 is 19.7 Å². The third-order valence-electron chi connectivity index (χ3n) is 5.05. The predicted octanol–water partition coefficient (Wildman–Crippen LogP) is 3.63. The van der Waals surface area contributed by atoms with Crippen LogP contribution in [0.1, 0.15) is 21.6 Å². The molecule has 0 saturated carbocycles. The van der Waals surface area contributed by atoms with E-state index in [1.807, 2.05) is 42.5 Å². The number of amides is 1. The number of pyridine rings is 1. The number of fused-ring (bicyclic) bond motifs is 2. The highest BCUT2D eigenvalue weighted by Crippen LogP contribution is 2.32. The maximum Gasteiger partial charge on any atom is 0.276 e. The van der Waals surface area contributed by atoms with E-state index in [4.69, 9.17) is 9.47 Å². The molecule has 6 nitrogen and oxygen atoms in total. The molecule has 140 valence electrons. The molecule has 2 aliphatic heterocycles. The van der Waals surface area contributed by atoms with Crippen LogP contribution in [0.2, 0.25) is 0 Å². The minimum atomic E-state index is -0.0627. The summed E-state index contributed by atoms with van der Waals surface area (Å²) in [4.78, 5) is 19.0. The second-order valence-corrected chi connectivity index (χ2v) is 6.81. The molecule has 1 N–H and O–H groups in total. The summed E-state index contributed by atoms with van der Waals surface area (Å²) >= 11 is 0. The Morgan fingerprint density at radius 2 is 1.96 bits per heavy atom. The fourth-order valence-corrected chi connectivity index (χ4v) is 3.57. The summed E-state index contributed by atoms with van der Waals surface area (Å²) in [6.07, 6.45) is 2.58. The van der Waals surface area contributed by atoms with Crippen molar-refractivity contribution < 1.29 is 14.3 Å². The Morgan fingerprint density at radius 1 is 1.07 bits per heavy atom. The fourth-order valence-electron chi connectivity index (χ4n) is 3.57. The smallest absolute Gasteiger partial charge is 0.276 e. The molecule has 0 atom stereocenters. The topological polar surface area (TPSA) is 63.7 Å². The number of nitrogens with zero attached hydrogens (tertiary/aromatic N) is 2. The van der Waals surface area contributed by atoms with E-state index in [0.717, 1.165) is 34.9 Å². The average Bonchev–Trinajstić information content (AvgIpc) is 3.38. The highest BCUT2D eigenvalue weighted by Gasteiger charge is 2.25. The van der Waals surface area contributed by atoms with E-state index < -0.39 is 0 Å². The lowest BCUT2D eigenvalue weighted by atomic mass is 10.2. The normalized spacial score (nSPS) is 14.1. The van der Waals surface area contributed by atoms with E-state index in [9.17, 15) is 4.79 Å². The molecular formula is C22H19N3O3. The van der Waals surface area contributed by atoms with Gasteiger partial charge in [-0.05, 0) is 47.9 Å². The molecule has 6 heteroatoms. The van der Waals surface area contributed by atoms with E-state index in [1.54, 1.807) is 17.2 Å². The van der Waals surface area contributed by atoms with Crippen molar-refractivity contribution in [2.45, 2.75) is 13.0 Å². The maximum absolute atomic E-state index is 12.8. The van der Waals surface area contributed by atoms with Gasteiger partial charge in [0.1, 0.15) is 5.69 Å². The summed E-state index contributed by atoms with van der Waals surface area (Å²) in [6, 6.07) is 17.5. The Labute approximate surface area is 162 Å². The Balaban J connectivity index is 1.25. The van der Waals surface area contributed by atoms with Crippen molar-refractivity contribution >= 4 is 17.3 Å². The first-order chi connectivity index (χ1) is 13.8. The third kappa shape index (κ3) is 3.03. The summed E-state index contributed by atoms with van der Waals surface area (Å²) in [5, 5.41) is 3.32. The summed E-state index contributed by atoms with van der Waals surface area (Å²) in [6.45, 7) is 1.60. The molecule has 5 rings (SSSR count). The van der Waals surface area contributed by atoms with Gasteiger partial charge < -0.3 is 19.7 Å². The van der Waals surface area contributed by atoms with E-state index in [1.165, 1.54) is 5.56 Å². The zero-order valence-corrected chi connectivity index (χ0v) is 15.2. The highest BCUT2D eigenvalue weighted by atomic mass is 16.7. The number of hydrogen-bond donors (Lipinski definition) is 1.